The molecule has 3 rings (SSSR count). The molecule has 1 fully saturated rings. The van der Waals surface area contributed by atoms with Crippen molar-refractivity contribution in [3.8, 4) is 0 Å². The van der Waals surface area contributed by atoms with Gasteiger partial charge in [-0.05, 0) is 37.5 Å². The molecule has 1 aromatic carbocycles. The highest BCUT2D eigenvalue weighted by molar-refractivity contribution is 9.11. The smallest absolute Gasteiger partial charge is 0.328 e. The van der Waals surface area contributed by atoms with Gasteiger partial charge < -0.3 is 4.74 Å². The quantitative estimate of drug-likeness (QED) is 0.699. The molecule has 1 aliphatic heterocycles. The SMILES string of the molecule is CC1CCC(C(Br)c2cc3c(cc2Br)n(C)c(=O)n3C)O1. The van der Waals surface area contributed by atoms with Gasteiger partial charge in [0.25, 0.3) is 0 Å². The van der Waals surface area contributed by atoms with Crippen molar-refractivity contribution in [2.24, 2.45) is 14.1 Å². The Kier molecular flexibility index (Phi) is 4.05. The molecular weight excluding hydrogens is 400 g/mol. The number of fused-ring (bicyclic) bond motifs is 1. The van der Waals surface area contributed by atoms with Crippen LogP contribution in [0.25, 0.3) is 11.0 Å². The van der Waals surface area contributed by atoms with E-state index >= 15 is 0 Å². The number of hydrogen-bond acceptors (Lipinski definition) is 2. The molecule has 1 aromatic heterocycles. The Morgan fingerprint density at radius 1 is 1.24 bits per heavy atom. The van der Waals surface area contributed by atoms with Crippen molar-refractivity contribution >= 4 is 42.9 Å². The van der Waals surface area contributed by atoms with Crippen LogP contribution in [0, 0.1) is 0 Å². The van der Waals surface area contributed by atoms with E-state index in [-0.39, 0.29) is 16.6 Å². The summed E-state index contributed by atoms with van der Waals surface area (Å²) in [6.07, 6.45) is 2.64. The predicted octanol–water partition coefficient (Wildman–Crippen LogP) is 3.64. The summed E-state index contributed by atoms with van der Waals surface area (Å²) in [6.45, 7) is 2.11. The summed E-state index contributed by atoms with van der Waals surface area (Å²) in [5.41, 5.74) is 2.99. The van der Waals surface area contributed by atoms with Crippen LogP contribution in [-0.4, -0.2) is 21.3 Å². The minimum Gasteiger partial charge on any atom is -0.374 e. The van der Waals surface area contributed by atoms with Crippen LogP contribution < -0.4 is 5.69 Å². The summed E-state index contributed by atoms with van der Waals surface area (Å²) in [4.78, 5) is 12.2. The zero-order valence-electron chi connectivity index (χ0n) is 12.3. The van der Waals surface area contributed by atoms with Gasteiger partial charge in [0.15, 0.2) is 0 Å². The van der Waals surface area contributed by atoms with Gasteiger partial charge in [-0.3, -0.25) is 9.13 Å². The number of aromatic nitrogens is 2. The maximum Gasteiger partial charge on any atom is 0.328 e. The molecule has 0 saturated carbocycles. The highest BCUT2D eigenvalue weighted by atomic mass is 79.9. The maximum atomic E-state index is 12.1. The number of benzene rings is 1. The average molecular weight is 418 g/mol. The van der Waals surface area contributed by atoms with Crippen LogP contribution in [0.5, 0.6) is 0 Å². The number of imidazole rings is 1. The van der Waals surface area contributed by atoms with Gasteiger partial charge in [-0.15, -0.1) is 0 Å². The lowest BCUT2D eigenvalue weighted by molar-refractivity contribution is 0.0556. The summed E-state index contributed by atoms with van der Waals surface area (Å²) in [7, 11) is 3.60. The third-order valence-corrected chi connectivity index (χ3v) is 6.05. The van der Waals surface area contributed by atoms with Crippen molar-refractivity contribution in [2.45, 2.75) is 36.8 Å². The third kappa shape index (κ3) is 2.51. The van der Waals surface area contributed by atoms with Crippen molar-refractivity contribution in [3.63, 3.8) is 0 Å². The summed E-state index contributed by atoms with van der Waals surface area (Å²) in [5.74, 6) is 0. The number of rotatable bonds is 2. The fraction of sp³-hybridized carbons (Fsp3) is 0.533. The minimum atomic E-state index is -0.00842. The predicted molar refractivity (Wildman–Crippen MR) is 91.1 cm³/mol. The van der Waals surface area contributed by atoms with Crippen molar-refractivity contribution in [2.75, 3.05) is 0 Å². The number of alkyl halides is 1. The Morgan fingerprint density at radius 2 is 1.86 bits per heavy atom. The van der Waals surface area contributed by atoms with E-state index in [0.717, 1.165) is 33.9 Å². The first-order valence-corrected chi connectivity index (χ1v) is 8.75. The summed E-state index contributed by atoms with van der Waals surface area (Å²) in [5, 5.41) is 0. The fourth-order valence-corrected chi connectivity index (χ4v) is 4.65. The highest BCUT2D eigenvalue weighted by Gasteiger charge is 2.30. The lowest BCUT2D eigenvalue weighted by Gasteiger charge is -2.20. The van der Waals surface area contributed by atoms with Gasteiger partial charge in [0.1, 0.15) is 0 Å². The molecule has 114 valence electrons. The lowest BCUT2D eigenvalue weighted by Crippen LogP contribution is -2.19. The topological polar surface area (TPSA) is 36.2 Å². The molecule has 4 nitrogen and oxygen atoms in total. The van der Waals surface area contributed by atoms with Crippen LogP contribution in [0.3, 0.4) is 0 Å². The molecule has 0 N–H and O–H groups in total. The number of ether oxygens (including phenoxy) is 1. The molecule has 21 heavy (non-hydrogen) atoms. The molecule has 2 aromatic rings. The fourth-order valence-electron chi connectivity index (χ4n) is 3.00. The second kappa shape index (κ2) is 5.56. The van der Waals surface area contributed by atoms with E-state index in [0.29, 0.717) is 6.10 Å². The Morgan fingerprint density at radius 3 is 2.43 bits per heavy atom. The molecule has 2 heterocycles. The van der Waals surface area contributed by atoms with E-state index in [2.05, 4.69) is 44.8 Å². The monoisotopic (exact) mass is 416 g/mol. The van der Waals surface area contributed by atoms with Crippen LogP contribution in [0.1, 0.15) is 30.2 Å². The first-order valence-electron chi connectivity index (χ1n) is 7.04. The van der Waals surface area contributed by atoms with Crippen LogP contribution in [0.2, 0.25) is 0 Å². The normalized spacial score (nSPS) is 23.9. The molecule has 6 heteroatoms. The van der Waals surface area contributed by atoms with Crippen molar-refractivity contribution < 1.29 is 4.74 Å². The van der Waals surface area contributed by atoms with Gasteiger partial charge in [-0.1, -0.05) is 31.9 Å². The van der Waals surface area contributed by atoms with E-state index < -0.39 is 0 Å². The zero-order valence-corrected chi connectivity index (χ0v) is 15.4. The Balaban J connectivity index is 2.09. The molecule has 0 aliphatic carbocycles. The number of nitrogens with zero attached hydrogens (tertiary/aromatic N) is 2. The Hall–Kier alpha value is -0.590. The lowest BCUT2D eigenvalue weighted by atomic mass is 10.0. The molecule has 0 bridgehead atoms. The maximum absolute atomic E-state index is 12.1. The Labute approximate surface area is 140 Å². The molecule has 1 saturated heterocycles. The van der Waals surface area contributed by atoms with Gasteiger partial charge in [0.2, 0.25) is 0 Å². The van der Waals surface area contributed by atoms with E-state index in [1.165, 1.54) is 0 Å². The number of halogens is 2. The molecule has 0 radical (unpaired) electrons. The standard InChI is InChI=1S/C15H18Br2N2O2/c1-8-4-5-13(21-8)14(17)9-6-11-12(7-10(9)16)19(3)15(20)18(11)2/h6-8,13-14H,4-5H2,1-3H3. The molecule has 0 amide bonds. The molecule has 1 aliphatic rings. The van der Waals surface area contributed by atoms with Crippen LogP contribution in [-0.2, 0) is 18.8 Å². The third-order valence-electron chi connectivity index (χ3n) is 4.28. The zero-order chi connectivity index (χ0) is 15.3. The Bertz CT molecular complexity index is 750. The minimum absolute atomic E-state index is 0.00842. The van der Waals surface area contributed by atoms with Gasteiger partial charge in [-0.25, -0.2) is 4.79 Å². The highest BCUT2D eigenvalue weighted by Crippen LogP contribution is 2.40. The molecular formula is C15H18Br2N2O2. The first-order chi connectivity index (χ1) is 9.90. The van der Waals surface area contributed by atoms with Crippen LogP contribution >= 0.6 is 31.9 Å². The van der Waals surface area contributed by atoms with E-state index in [9.17, 15) is 4.79 Å². The van der Waals surface area contributed by atoms with E-state index in [1.807, 2.05) is 6.07 Å². The van der Waals surface area contributed by atoms with Crippen molar-refractivity contribution in [3.05, 3.63) is 32.7 Å². The average Bonchev–Trinajstić information content (AvgIpc) is 2.97. The van der Waals surface area contributed by atoms with Gasteiger partial charge in [0.05, 0.1) is 28.1 Å². The van der Waals surface area contributed by atoms with E-state index in [4.69, 9.17) is 4.74 Å². The summed E-state index contributed by atoms with van der Waals surface area (Å²) in [6, 6.07) is 4.09. The number of hydrogen-bond donors (Lipinski definition) is 0. The second-order valence-electron chi connectivity index (χ2n) is 5.73. The summed E-state index contributed by atoms with van der Waals surface area (Å²) < 4.78 is 10.3. The molecule has 3 atom stereocenters. The van der Waals surface area contributed by atoms with Crippen molar-refractivity contribution in [1.82, 2.24) is 9.13 Å². The van der Waals surface area contributed by atoms with Gasteiger partial charge in [0, 0.05) is 18.6 Å². The number of aryl methyl sites for hydroxylation is 2. The van der Waals surface area contributed by atoms with Crippen LogP contribution in [0.15, 0.2) is 21.4 Å². The second-order valence-corrected chi connectivity index (χ2v) is 7.57. The van der Waals surface area contributed by atoms with Gasteiger partial charge in [-0.2, -0.15) is 0 Å². The summed E-state index contributed by atoms with van der Waals surface area (Å²) >= 11 is 7.42. The van der Waals surface area contributed by atoms with Crippen LogP contribution in [0.4, 0.5) is 0 Å². The molecule has 0 spiro atoms. The van der Waals surface area contributed by atoms with E-state index in [1.54, 1.807) is 23.2 Å². The van der Waals surface area contributed by atoms with Crippen molar-refractivity contribution in [1.29, 1.82) is 0 Å². The van der Waals surface area contributed by atoms with Gasteiger partial charge >= 0.3 is 5.69 Å². The largest absolute Gasteiger partial charge is 0.374 e. The first kappa shape index (κ1) is 15.3. The molecule has 3 unspecified atom stereocenters.